The van der Waals surface area contributed by atoms with Crippen molar-refractivity contribution in [2.75, 3.05) is 16.3 Å². The van der Waals surface area contributed by atoms with Crippen LogP contribution in [0.4, 0.5) is 16.4 Å². The number of nitrogens with one attached hydrogen (secondary N) is 1. The van der Waals surface area contributed by atoms with Gasteiger partial charge in [0.25, 0.3) is 5.91 Å². The Balaban J connectivity index is 1.51. The first kappa shape index (κ1) is 24.7. The smallest absolute Gasteiger partial charge is 0.404 e. The van der Waals surface area contributed by atoms with Crippen molar-refractivity contribution in [3.8, 4) is 11.5 Å². The molecule has 0 radical (unpaired) electrons. The molecule has 0 bridgehead atoms. The Kier molecular flexibility index (Phi) is 6.53. The molecular formula is C26H32N8O3. The summed E-state index contributed by atoms with van der Waals surface area (Å²) in [4.78, 5) is 38.4. The summed E-state index contributed by atoms with van der Waals surface area (Å²) in [6.07, 6.45) is 3.12. The van der Waals surface area contributed by atoms with Crippen LogP contribution in [0.3, 0.4) is 0 Å². The van der Waals surface area contributed by atoms with Gasteiger partial charge in [0.1, 0.15) is 23.7 Å². The van der Waals surface area contributed by atoms with E-state index >= 15 is 0 Å². The number of hydrogen-bond acceptors (Lipinski definition) is 7. The van der Waals surface area contributed by atoms with Gasteiger partial charge in [-0.15, -0.1) is 10.2 Å². The third-order valence-corrected chi connectivity index (χ3v) is 7.21. The summed E-state index contributed by atoms with van der Waals surface area (Å²) in [5.74, 6) is 1.79. The summed E-state index contributed by atoms with van der Waals surface area (Å²) >= 11 is 0. The maximum absolute atomic E-state index is 13.7. The largest absolute Gasteiger partial charge is 0.465 e. The van der Waals surface area contributed by atoms with Crippen molar-refractivity contribution < 1.29 is 14.7 Å². The minimum Gasteiger partial charge on any atom is -0.465 e. The zero-order chi connectivity index (χ0) is 26.3. The maximum Gasteiger partial charge on any atom is 0.404 e. The number of hydrogen-bond donors (Lipinski definition) is 2. The number of rotatable bonds is 7. The van der Waals surface area contributed by atoms with Crippen LogP contribution in [-0.2, 0) is 13.0 Å². The number of pyridine rings is 2. The van der Waals surface area contributed by atoms with E-state index in [1.165, 1.54) is 0 Å². The Morgan fingerprint density at radius 2 is 1.92 bits per heavy atom. The van der Waals surface area contributed by atoms with Gasteiger partial charge in [-0.05, 0) is 58.7 Å². The SMILES string of the molecule is CC(C)n1cnnc1-c1cccc(N2Cc3c(cc(N4[C@H](C)CC[C@H]4C)nc3CCNC(=O)O)C2=O)n1. The highest BCUT2D eigenvalue weighted by Gasteiger charge is 2.35. The number of amides is 2. The van der Waals surface area contributed by atoms with E-state index in [1.807, 2.05) is 42.7 Å². The normalized spacial score (nSPS) is 19.1. The van der Waals surface area contributed by atoms with Gasteiger partial charge < -0.3 is 19.9 Å². The van der Waals surface area contributed by atoms with Crippen LogP contribution >= 0.6 is 0 Å². The summed E-state index contributed by atoms with van der Waals surface area (Å²) in [7, 11) is 0. The molecular weight excluding hydrogens is 472 g/mol. The van der Waals surface area contributed by atoms with Gasteiger partial charge in [-0.3, -0.25) is 9.69 Å². The summed E-state index contributed by atoms with van der Waals surface area (Å²) in [6, 6.07) is 8.22. The lowest BCUT2D eigenvalue weighted by atomic mass is 10.1. The summed E-state index contributed by atoms with van der Waals surface area (Å²) in [5.41, 5.74) is 2.79. The number of fused-ring (bicyclic) bond motifs is 1. The molecule has 2 atom stereocenters. The Morgan fingerprint density at radius 1 is 1.16 bits per heavy atom. The quantitative estimate of drug-likeness (QED) is 0.499. The molecule has 194 valence electrons. The molecule has 11 heteroatoms. The number of nitrogens with zero attached hydrogens (tertiary/aromatic N) is 7. The van der Waals surface area contributed by atoms with E-state index in [4.69, 9.17) is 15.1 Å². The Hall–Kier alpha value is -4.02. The molecule has 0 aliphatic carbocycles. The van der Waals surface area contributed by atoms with E-state index in [0.717, 1.165) is 29.9 Å². The van der Waals surface area contributed by atoms with Crippen molar-refractivity contribution in [1.82, 2.24) is 30.0 Å². The lowest BCUT2D eigenvalue weighted by Crippen LogP contribution is -2.34. The van der Waals surface area contributed by atoms with Crippen LogP contribution in [0.2, 0.25) is 0 Å². The Morgan fingerprint density at radius 3 is 2.62 bits per heavy atom. The average Bonchev–Trinajstić information content (AvgIpc) is 3.57. The molecule has 0 spiro atoms. The minimum atomic E-state index is -1.08. The fraction of sp³-hybridized carbons (Fsp3) is 0.462. The standard InChI is InChI=1S/C26H32N8O3/c1-15(2)33-14-28-31-24(33)21-6-5-7-22(30-21)32-13-19-18(25(32)35)12-23(34-16(3)8-9-17(34)4)29-20(19)10-11-27-26(36)37/h5-7,12,14-17,27H,8-11,13H2,1-4H3,(H,36,37)/t16-,17-/m1/s1. The van der Waals surface area contributed by atoms with Crippen LogP contribution in [0.25, 0.3) is 11.5 Å². The predicted molar refractivity (Wildman–Crippen MR) is 139 cm³/mol. The van der Waals surface area contributed by atoms with Crippen molar-refractivity contribution in [2.24, 2.45) is 0 Å². The Labute approximate surface area is 215 Å². The number of carbonyl (C=O) groups excluding carboxylic acids is 1. The van der Waals surface area contributed by atoms with E-state index in [1.54, 1.807) is 11.2 Å². The molecule has 3 aromatic rings. The van der Waals surface area contributed by atoms with Crippen molar-refractivity contribution >= 4 is 23.6 Å². The highest BCUT2D eigenvalue weighted by molar-refractivity contribution is 6.10. The maximum atomic E-state index is 13.7. The predicted octanol–water partition coefficient (Wildman–Crippen LogP) is 3.66. The first-order valence-electron chi connectivity index (χ1n) is 12.7. The van der Waals surface area contributed by atoms with E-state index in [-0.39, 0.29) is 18.5 Å². The van der Waals surface area contributed by atoms with Gasteiger partial charge in [0.05, 0.1) is 17.8 Å². The van der Waals surface area contributed by atoms with E-state index < -0.39 is 6.09 Å². The second-order valence-corrected chi connectivity index (χ2v) is 10.0. The first-order valence-corrected chi connectivity index (χ1v) is 12.7. The summed E-state index contributed by atoms with van der Waals surface area (Å²) in [5, 5.41) is 19.8. The van der Waals surface area contributed by atoms with Crippen molar-refractivity contribution in [1.29, 1.82) is 0 Å². The van der Waals surface area contributed by atoms with Crippen LogP contribution in [0.5, 0.6) is 0 Å². The van der Waals surface area contributed by atoms with Crippen molar-refractivity contribution in [3.63, 3.8) is 0 Å². The molecule has 11 nitrogen and oxygen atoms in total. The molecule has 0 unspecified atom stereocenters. The van der Waals surface area contributed by atoms with Gasteiger partial charge in [-0.2, -0.15) is 0 Å². The van der Waals surface area contributed by atoms with Crippen molar-refractivity contribution in [3.05, 3.63) is 47.4 Å². The molecule has 5 heterocycles. The molecule has 2 N–H and O–H groups in total. The van der Waals surface area contributed by atoms with Crippen molar-refractivity contribution in [2.45, 2.75) is 71.6 Å². The molecule has 1 saturated heterocycles. The van der Waals surface area contributed by atoms with Crippen LogP contribution in [0.1, 0.15) is 68.2 Å². The van der Waals surface area contributed by atoms with Gasteiger partial charge >= 0.3 is 6.09 Å². The highest BCUT2D eigenvalue weighted by Crippen LogP contribution is 2.36. The van der Waals surface area contributed by atoms with Crippen LogP contribution < -0.4 is 15.1 Å². The molecule has 5 rings (SSSR count). The number of carboxylic acid groups (broad SMARTS) is 1. The topological polar surface area (TPSA) is 129 Å². The lowest BCUT2D eigenvalue weighted by molar-refractivity contribution is 0.0995. The third kappa shape index (κ3) is 4.61. The monoisotopic (exact) mass is 504 g/mol. The van der Waals surface area contributed by atoms with Gasteiger partial charge in [0, 0.05) is 36.7 Å². The number of carbonyl (C=O) groups is 2. The molecule has 37 heavy (non-hydrogen) atoms. The molecule has 3 aromatic heterocycles. The molecule has 2 aliphatic heterocycles. The highest BCUT2D eigenvalue weighted by atomic mass is 16.4. The fourth-order valence-corrected chi connectivity index (χ4v) is 5.31. The Bertz CT molecular complexity index is 1330. The lowest BCUT2D eigenvalue weighted by Gasteiger charge is -2.28. The van der Waals surface area contributed by atoms with Gasteiger partial charge in [-0.25, -0.2) is 14.8 Å². The minimum absolute atomic E-state index is 0.138. The van der Waals surface area contributed by atoms with Gasteiger partial charge in [-0.1, -0.05) is 6.07 Å². The van der Waals surface area contributed by atoms with E-state index in [2.05, 4.69) is 34.3 Å². The summed E-state index contributed by atoms with van der Waals surface area (Å²) in [6.45, 7) is 8.97. The van der Waals surface area contributed by atoms with Crippen LogP contribution in [-0.4, -0.2) is 60.5 Å². The van der Waals surface area contributed by atoms with Gasteiger partial charge in [0.2, 0.25) is 0 Å². The number of aromatic nitrogens is 5. The van der Waals surface area contributed by atoms with E-state index in [0.29, 0.717) is 47.9 Å². The summed E-state index contributed by atoms with van der Waals surface area (Å²) < 4.78 is 1.94. The average molecular weight is 505 g/mol. The first-order chi connectivity index (χ1) is 17.7. The molecule has 1 fully saturated rings. The molecule has 0 aromatic carbocycles. The zero-order valence-corrected chi connectivity index (χ0v) is 21.5. The zero-order valence-electron chi connectivity index (χ0n) is 21.5. The second kappa shape index (κ2) is 9.79. The molecule has 0 saturated carbocycles. The number of anilines is 2. The van der Waals surface area contributed by atoms with Crippen LogP contribution in [0, 0.1) is 0 Å². The molecule has 2 aliphatic rings. The van der Waals surface area contributed by atoms with Crippen LogP contribution in [0.15, 0.2) is 30.6 Å². The van der Waals surface area contributed by atoms with Gasteiger partial charge in [0.15, 0.2) is 5.82 Å². The second-order valence-electron chi connectivity index (χ2n) is 10.0. The third-order valence-electron chi connectivity index (χ3n) is 7.21. The van der Waals surface area contributed by atoms with E-state index in [9.17, 15) is 9.59 Å². The molecule has 2 amide bonds. The fourth-order valence-electron chi connectivity index (χ4n) is 5.31.